The van der Waals surface area contributed by atoms with Crippen molar-refractivity contribution in [1.82, 2.24) is 14.3 Å². The predicted octanol–water partition coefficient (Wildman–Crippen LogP) is 3.05. The number of hydrogen-bond donors (Lipinski definition) is 0. The Morgan fingerprint density at radius 1 is 1.21 bits per heavy atom. The lowest BCUT2D eigenvalue weighted by Crippen LogP contribution is -2.38. The first-order chi connectivity index (χ1) is 16.3. The molecule has 180 valence electrons. The first-order valence-corrected chi connectivity index (χ1v) is 13.4. The summed E-state index contributed by atoms with van der Waals surface area (Å²) in [5.74, 6) is 0.914. The van der Waals surface area contributed by atoms with Gasteiger partial charge in [0, 0.05) is 30.4 Å². The van der Waals surface area contributed by atoms with E-state index >= 15 is 0 Å². The smallest absolute Gasteiger partial charge is 0.360 e. The summed E-state index contributed by atoms with van der Waals surface area (Å²) in [4.78, 5) is 21.8. The van der Waals surface area contributed by atoms with Crippen molar-refractivity contribution >= 4 is 38.7 Å². The number of ether oxygens (including phenoxy) is 3. The van der Waals surface area contributed by atoms with Crippen LogP contribution < -0.4 is 9.47 Å². The summed E-state index contributed by atoms with van der Waals surface area (Å²) < 4.78 is 42.0. The highest BCUT2D eigenvalue weighted by Crippen LogP contribution is 2.39. The number of methoxy groups -OCH3 is 2. The van der Waals surface area contributed by atoms with Crippen LogP contribution in [0.2, 0.25) is 0 Å². The molecule has 1 aliphatic rings. The summed E-state index contributed by atoms with van der Waals surface area (Å²) in [6.07, 6.45) is 2.81. The summed E-state index contributed by atoms with van der Waals surface area (Å²) in [5, 5.41) is 0.432. The normalized spacial score (nSPS) is 16.9. The van der Waals surface area contributed by atoms with Crippen LogP contribution in [0.3, 0.4) is 0 Å². The number of thioether (sulfide) groups is 1. The van der Waals surface area contributed by atoms with Gasteiger partial charge in [-0.15, -0.1) is 11.8 Å². The third-order valence-corrected chi connectivity index (χ3v) is 7.93. The quantitative estimate of drug-likeness (QED) is 0.450. The Morgan fingerprint density at radius 2 is 1.97 bits per heavy atom. The van der Waals surface area contributed by atoms with Crippen LogP contribution >= 0.6 is 11.8 Å². The van der Waals surface area contributed by atoms with E-state index in [1.165, 1.54) is 17.7 Å². The molecule has 0 bridgehead atoms. The van der Waals surface area contributed by atoms with Crippen LogP contribution in [-0.2, 0) is 21.4 Å². The first-order valence-electron chi connectivity index (χ1n) is 10.5. The Labute approximate surface area is 202 Å². The SMILES string of the molecule is COC(=O)c1nc(C2CN(S(C)(=O)=O)CCS2)c2cccnc2c1OCc1ccc(OC)cc1. The maximum absolute atomic E-state index is 12.7. The van der Waals surface area contributed by atoms with E-state index < -0.39 is 16.0 Å². The second kappa shape index (κ2) is 10.2. The Morgan fingerprint density at radius 3 is 2.65 bits per heavy atom. The number of esters is 1. The minimum absolute atomic E-state index is 0.00860. The lowest BCUT2D eigenvalue weighted by atomic mass is 10.1. The molecule has 0 spiro atoms. The molecule has 4 rings (SSSR count). The lowest BCUT2D eigenvalue weighted by Gasteiger charge is -2.31. The molecule has 0 N–H and O–H groups in total. The maximum Gasteiger partial charge on any atom is 0.360 e. The molecule has 1 unspecified atom stereocenters. The Hall–Kier alpha value is -2.89. The van der Waals surface area contributed by atoms with Crippen LogP contribution in [-0.4, -0.2) is 68.0 Å². The Bertz CT molecular complexity index is 1300. The van der Waals surface area contributed by atoms with E-state index in [-0.39, 0.29) is 29.8 Å². The summed E-state index contributed by atoms with van der Waals surface area (Å²) in [6, 6.07) is 11.0. The molecule has 9 nitrogen and oxygen atoms in total. The Balaban J connectivity index is 1.76. The largest absolute Gasteiger partial charge is 0.497 e. The third-order valence-electron chi connectivity index (χ3n) is 5.47. The van der Waals surface area contributed by atoms with Gasteiger partial charge in [-0.05, 0) is 29.8 Å². The molecule has 0 radical (unpaired) electrons. The van der Waals surface area contributed by atoms with Crippen molar-refractivity contribution in [3.05, 3.63) is 59.5 Å². The van der Waals surface area contributed by atoms with E-state index in [2.05, 4.69) is 9.97 Å². The molecule has 1 aromatic carbocycles. The average Bonchev–Trinajstić information content (AvgIpc) is 2.86. The van der Waals surface area contributed by atoms with Gasteiger partial charge in [0.15, 0.2) is 11.4 Å². The van der Waals surface area contributed by atoms with Gasteiger partial charge in [0.1, 0.15) is 17.9 Å². The van der Waals surface area contributed by atoms with E-state index in [4.69, 9.17) is 14.2 Å². The highest BCUT2D eigenvalue weighted by Gasteiger charge is 2.32. The van der Waals surface area contributed by atoms with Crippen molar-refractivity contribution < 1.29 is 27.4 Å². The summed E-state index contributed by atoms with van der Waals surface area (Å²) in [5.41, 5.74) is 1.93. The van der Waals surface area contributed by atoms with Crippen LogP contribution in [0.15, 0.2) is 42.6 Å². The molecular weight excluding hydrogens is 478 g/mol. The van der Waals surface area contributed by atoms with Crippen LogP contribution in [0.1, 0.15) is 27.0 Å². The minimum Gasteiger partial charge on any atom is -0.497 e. The fourth-order valence-electron chi connectivity index (χ4n) is 3.72. The van der Waals surface area contributed by atoms with E-state index in [0.717, 1.165) is 11.3 Å². The molecular formula is C23H25N3O6S2. The van der Waals surface area contributed by atoms with Crippen molar-refractivity contribution in [3.8, 4) is 11.5 Å². The van der Waals surface area contributed by atoms with Crippen LogP contribution in [0, 0.1) is 0 Å². The van der Waals surface area contributed by atoms with Crippen LogP contribution in [0.4, 0.5) is 0 Å². The zero-order valence-electron chi connectivity index (χ0n) is 19.1. The third kappa shape index (κ3) is 5.11. The number of pyridine rings is 2. The van der Waals surface area contributed by atoms with Gasteiger partial charge in [0.25, 0.3) is 0 Å². The summed E-state index contributed by atoms with van der Waals surface area (Å²) in [6.45, 7) is 0.872. The molecule has 1 aliphatic heterocycles. The van der Waals surface area contributed by atoms with E-state index in [9.17, 15) is 13.2 Å². The average molecular weight is 504 g/mol. The zero-order valence-corrected chi connectivity index (χ0v) is 20.7. The number of fused-ring (bicyclic) bond motifs is 1. The van der Waals surface area contributed by atoms with Crippen molar-refractivity contribution in [3.63, 3.8) is 0 Å². The highest BCUT2D eigenvalue weighted by atomic mass is 32.2. The monoisotopic (exact) mass is 503 g/mol. The number of rotatable bonds is 7. The summed E-state index contributed by atoms with van der Waals surface area (Å²) in [7, 11) is -0.478. The number of nitrogens with zero attached hydrogens (tertiary/aromatic N) is 3. The molecule has 1 saturated heterocycles. The number of aromatic nitrogens is 2. The van der Waals surface area contributed by atoms with Gasteiger partial charge in [0.2, 0.25) is 10.0 Å². The molecule has 3 aromatic rings. The number of carbonyl (C=O) groups excluding carboxylic acids is 1. The van der Waals surface area contributed by atoms with E-state index in [1.54, 1.807) is 31.1 Å². The molecule has 11 heteroatoms. The number of benzene rings is 1. The van der Waals surface area contributed by atoms with Gasteiger partial charge in [-0.25, -0.2) is 18.2 Å². The van der Waals surface area contributed by atoms with Gasteiger partial charge in [-0.1, -0.05) is 12.1 Å². The molecule has 1 atom stereocenters. The Kier molecular flexibility index (Phi) is 7.24. The van der Waals surface area contributed by atoms with Gasteiger partial charge in [-0.3, -0.25) is 4.98 Å². The lowest BCUT2D eigenvalue weighted by molar-refractivity contribution is 0.0588. The molecule has 3 heterocycles. The van der Waals surface area contributed by atoms with Crippen LogP contribution in [0.5, 0.6) is 11.5 Å². The molecule has 1 fully saturated rings. The topological polar surface area (TPSA) is 108 Å². The molecule has 2 aromatic heterocycles. The fraction of sp³-hybridized carbons (Fsp3) is 0.348. The zero-order chi connectivity index (χ0) is 24.3. The standard InChI is InChI=1S/C23H25N3O6S2/c1-30-16-8-6-15(7-9-16)14-32-22-20-17(5-4-10-24-20)19(25-21(22)23(27)31-2)18-13-26(11-12-33-18)34(3,28)29/h4-10,18H,11-14H2,1-3H3. The molecule has 0 saturated carbocycles. The van der Waals surface area contributed by atoms with Gasteiger partial charge < -0.3 is 14.2 Å². The van der Waals surface area contributed by atoms with E-state index in [0.29, 0.717) is 28.9 Å². The number of hydrogen-bond acceptors (Lipinski definition) is 9. The fourth-order valence-corrected chi connectivity index (χ4v) is 6.01. The van der Waals surface area contributed by atoms with Crippen molar-refractivity contribution in [2.75, 3.05) is 39.3 Å². The second-order valence-corrected chi connectivity index (χ2v) is 11.0. The maximum atomic E-state index is 12.7. The van der Waals surface area contributed by atoms with Crippen molar-refractivity contribution in [1.29, 1.82) is 0 Å². The van der Waals surface area contributed by atoms with E-state index in [1.807, 2.05) is 30.3 Å². The second-order valence-electron chi connectivity index (χ2n) is 7.68. The molecule has 34 heavy (non-hydrogen) atoms. The number of carbonyl (C=O) groups is 1. The number of sulfonamides is 1. The van der Waals surface area contributed by atoms with Gasteiger partial charge in [-0.2, -0.15) is 4.31 Å². The van der Waals surface area contributed by atoms with Gasteiger partial charge in [0.05, 0.1) is 31.4 Å². The minimum atomic E-state index is -3.35. The van der Waals surface area contributed by atoms with Crippen molar-refractivity contribution in [2.24, 2.45) is 0 Å². The first kappa shape index (κ1) is 24.2. The van der Waals surface area contributed by atoms with Crippen LogP contribution in [0.25, 0.3) is 10.9 Å². The predicted molar refractivity (Wildman–Crippen MR) is 130 cm³/mol. The highest BCUT2D eigenvalue weighted by molar-refractivity contribution is 7.99. The molecule has 0 aliphatic carbocycles. The summed E-state index contributed by atoms with van der Waals surface area (Å²) >= 11 is 1.60. The van der Waals surface area contributed by atoms with Crippen molar-refractivity contribution in [2.45, 2.75) is 11.9 Å². The molecule has 0 amide bonds. The van der Waals surface area contributed by atoms with Gasteiger partial charge >= 0.3 is 5.97 Å².